The highest BCUT2D eigenvalue weighted by Crippen LogP contribution is 2.13. The van der Waals surface area contributed by atoms with Crippen molar-refractivity contribution in [2.75, 3.05) is 0 Å². The molecule has 0 unspecified atom stereocenters. The highest BCUT2D eigenvalue weighted by Gasteiger charge is 2.13. The molecule has 2 heteroatoms. The quantitative estimate of drug-likeness (QED) is 0.716. The largest absolute Gasteiger partial charge is 0.350 e. The van der Waals surface area contributed by atoms with E-state index in [0.29, 0.717) is 0 Å². The van der Waals surface area contributed by atoms with E-state index in [-0.39, 0.29) is 0 Å². The average molecular weight is 243 g/mol. The summed E-state index contributed by atoms with van der Waals surface area (Å²) in [7, 11) is -0.984. The van der Waals surface area contributed by atoms with Crippen LogP contribution in [-0.2, 0) is 12.6 Å². The van der Waals surface area contributed by atoms with Crippen LogP contribution >= 0.6 is 0 Å². The Morgan fingerprint density at radius 3 is 1.94 bits per heavy atom. The Kier molecular flexibility index (Phi) is 3.53. The predicted octanol–water partition coefficient (Wildman–Crippen LogP) is 3.96. The molecule has 0 fully saturated rings. The molecule has 0 amide bonds. The van der Waals surface area contributed by atoms with Gasteiger partial charge in [-0.15, -0.1) is 0 Å². The minimum Gasteiger partial charge on any atom is -0.350 e. The zero-order valence-corrected chi connectivity index (χ0v) is 12.0. The van der Waals surface area contributed by atoms with Crippen molar-refractivity contribution in [3.63, 3.8) is 0 Å². The fourth-order valence-corrected chi connectivity index (χ4v) is 3.52. The van der Waals surface area contributed by atoms with Crippen LogP contribution in [-0.4, -0.2) is 12.6 Å². The molecule has 1 aromatic heterocycles. The SMILES string of the molecule is C[Si](C)(C)Cc1ccc(Cn2cccc2)cc1. The first-order valence-corrected chi connectivity index (χ1v) is 9.92. The van der Waals surface area contributed by atoms with Crippen molar-refractivity contribution >= 4 is 8.07 Å². The second-order valence-electron chi connectivity index (χ2n) is 5.91. The van der Waals surface area contributed by atoms with Crippen LogP contribution in [0.1, 0.15) is 11.1 Å². The van der Waals surface area contributed by atoms with Gasteiger partial charge in [-0.2, -0.15) is 0 Å². The van der Waals surface area contributed by atoms with Crippen LogP contribution in [0.4, 0.5) is 0 Å². The van der Waals surface area contributed by atoms with Crippen LogP contribution in [0.5, 0.6) is 0 Å². The Bertz CT molecular complexity index is 449. The highest BCUT2D eigenvalue weighted by molar-refractivity contribution is 6.75. The third-order valence-corrected chi connectivity index (χ3v) is 4.26. The number of hydrogen-bond donors (Lipinski definition) is 0. The van der Waals surface area contributed by atoms with Crippen molar-refractivity contribution in [2.24, 2.45) is 0 Å². The number of nitrogens with zero attached hydrogens (tertiary/aromatic N) is 1. The molecule has 2 aromatic rings. The maximum atomic E-state index is 2.42. The molecule has 0 aliphatic heterocycles. The Morgan fingerprint density at radius 2 is 1.41 bits per heavy atom. The molecular formula is C15H21NSi. The van der Waals surface area contributed by atoms with Crippen LogP contribution < -0.4 is 0 Å². The van der Waals surface area contributed by atoms with E-state index in [1.165, 1.54) is 17.2 Å². The number of hydrogen-bond acceptors (Lipinski definition) is 0. The van der Waals surface area contributed by atoms with Crippen LogP contribution in [0.3, 0.4) is 0 Å². The lowest BCUT2D eigenvalue weighted by Crippen LogP contribution is -2.23. The molecule has 1 heterocycles. The molecule has 0 radical (unpaired) electrons. The molecule has 0 saturated heterocycles. The fraction of sp³-hybridized carbons (Fsp3) is 0.333. The molecule has 0 aliphatic rings. The summed E-state index contributed by atoms with van der Waals surface area (Å²) in [6.45, 7) is 8.22. The lowest BCUT2D eigenvalue weighted by atomic mass is 10.1. The van der Waals surface area contributed by atoms with Gasteiger partial charge < -0.3 is 4.57 Å². The van der Waals surface area contributed by atoms with E-state index in [0.717, 1.165) is 6.54 Å². The molecule has 0 atom stereocenters. The van der Waals surface area contributed by atoms with Gasteiger partial charge in [-0.25, -0.2) is 0 Å². The van der Waals surface area contributed by atoms with Crippen molar-refractivity contribution in [1.82, 2.24) is 4.57 Å². The first-order chi connectivity index (χ1) is 8.03. The molecule has 0 spiro atoms. The molecular weight excluding hydrogens is 222 g/mol. The Morgan fingerprint density at radius 1 is 0.882 bits per heavy atom. The van der Waals surface area contributed by atoms with E-state index >= 15 is 0 Å². The second kappa shape index (κ2) is 4.92. The number of rotatable bonds is 4. The van der Waals surface area contributed by atoms with E-state index in [4.69, 9.17) is 0 Å². The van der Waals surface area contributed by atoms with Crippen molar-refractivity contribution in [3.8, 4) is 0 Å². The molecule has 1 nitrogen and oxygen atoms in total. The molecule has 0 aliphatic carbocycles. The molecule has 0 N–H and O–H groups in total. The summed E-state index contributed by atoms with van der Waals surface area (Å²) >= 11 is 0. The molecule has 1 aromatic carbocycles. The molecule has 2 rings (SSSR count). The molecule has 90 valence electrons. The molecule has 17 heavy (non-hydrogen) atoms. The van der Waals surface area contributed by atoms with Crippen molar-refractivity contribution < 1.29 is 0 Å². The topological polar surface area (TPSA) is 4.93 Å². The van der Waals surface area contributed by atoms with Crippen molar-refractivity contribution in [2.45, 2.75) is 32.2 Å². The van der Waals surface area contributed by atoms with Crippen molar-refractivity contribution in [3.05, 3.63) is 59.9 Å². The molecule has 0 bridgehead atoms. The van der Waals surface area contributed by atoms with Gasteiger partial charge in [0.15, 0.2) is 0 Å². The predicted molar refractivity (Wildman–Crippen MR) is 77.0 cm³/mol. The number of benzene rings is 1. The van der Waals surface area contributed by atoms with E-state index in [2.05, 4.69) is 73.0 Å². The maximum Gasteiger partial charge on any atom is 0.0487 e. The van der Waals surface area contributed by atoms with Gasteiger partial charge in [0.25, 0.3) is 0 Å². The van der Waals surface area contributed by atoms with Crippen molar-refractivity contribution in [1.29, 1.82) is 0 Å². The Labute approximate surface area is 105 Å². The zero-order valence-electron chi connectivity index (χ0n) is 11.0. The van der Waals surface area contributed by atoms with E-state index in [1.807, 2.05) is 0 Å². The fourth-order valence-electron chi connectivity index (χ4n) is 2.06. The summed E-state index contributed by atoms with van der Waals surface area (Å²) in [6, 6.07) is 14.5. The summed E-state index contributed by atoms with van der Waals surface area (Å²) in [5, 5.41) is 0. The second-order valence-corrected chi connectivity index (χ2v) is 11.4. The summed E-state index contributed by atoms with van der Waals surface area (Å²) < 4.78 is 2.20. The van der Waals surface area contributed by atoms with Gasteiger partial charge >= 0.3 is 0 Å². The van der Waals surface area contributed by atoms with Gasteiger partial charge in [-0.1, -0.05) is 49.5 Å². The molecule has 0 saturated carbocycles. The maximum absolute atomic E-state index is 2.42. The summed E-state index contributed by atoms with van der Waals surface area (Å²) in [5.74, 6) is 0. The lowest BCUT2D eigenvalue weighted by Gasteiger charge is -2.15. The number of aromatic nitrogens is 1. The smallest absolute Gasteiger partial charge is 0.0487 e. The van der Waals surface area contributed by atoms with E-state index in [1.54, 1.807) is 0 Å². The third kappa shape index (κ3) is 3.90. The first-order valence-electron chi connectivity index (χ1n) is 6.21. The van der Waals surface area contributed by atoms with Crippen LogP contribution in [0.2, 0.25) is 19.6 Å². The minimum absolute atomic E-state index is 0.972. The Balaban J connectivity index is 2.03. The van der Waals surface area contributed by atoms with Crippen LogP contribution in [0.25, 0.3) is 0 Å². The van der Waals surface area contributed by atoms with Gasteiger partial charge in [0.2, 0.25) is 0 Å². The summed E-state index contributed by atoms with van der Waals surface area (Å²) in [6.07, 6.45) is 4.21. The first kappa shape index (κ1) is 12.2. The third-order valence-electron chi connectivity index (χ3n) is 2.79. The lowest BCUT2D eigenvalue weighted by molar-refractivity contribution is 0.806. The van der Waals surface area contributed by atoms with E-state index < -0.39 is 8.07 Å². The van der Waals surface area contributed by atoms with Gasteiger partial charge in [0, 0.05) is 27.0 Å². The summed E-state index contributed by atoms with van der Waals surface area (Å²) in [4.78, 5) is 0. The monoisotopic (exact) mass is 243 g/mol. The van der Waals surface area contributed by atoms with Gasteiger partial charge in [-0.3, -0.25) is 0 Å². The normalized spacial score (nSPS) is 11.7. The highest BCUT2D eigenvalue weighted by atomic mass is 28.3. The van der Waals surface area contributed by atoms with Gasteiger partial charge in [0.05, 0.1) is 0 Å². The standard InChI is InChI=1S/C15H21NSi/c1-17(2,3)13-15-8-6-14(7-9-15)12-16-10-4-5-11-16/h4-11H,12-13H2,1-3H3. The zero-order chi connectivity index (χ0) is 12.3. The minimum atomic E-state index is -0.984. The summed E-state index contributed by atoms with van der Waals surface area (Å²) in [5.41, 5.74) is 2.86. The average Bonchev–Trinajstić information content (AvgIpc) is 2.71. The van der Waals surface area contributed by atoms with Gasteiger partial charge in [-0.05, 0) is 23.7 Å². The van der Waals surface area contributed by atoms with Crippen LogP contribution in [0.15, 0.2) is 48.8 Å². The van der Waals surface area contributed by atoms with Crippen LogP contribution in [0, 0.1) is 0 Å². The van der Waals surface area contributed by atoms with E-state index in [9.17, 15) is 0 Å². The van der Waals surface area contributed by atoms with Gasteiger partial charge in [0.1, 0.15) is 0 Å². The Hall–Kier alpha value is -1.28.